The van der Waals surface area contributed by atoms with Gasteiger partial charge in [-0.1, -0.05) is 17.3 Å². The molecule has 19 heavy (non-hydrogen) atoms. The molecule has 4 rings (SSSR count). The maximum Gasteiger partial charge on any atom is 0.324 e. The Bertz CT molecular complexity index is 712. The first-order valence-electron chi connectivity index (χ1n) is 6.39. The lowest BCUT2D eigenvalue weighted by atomic mass is 10.3. The quantitative estimate of drug-likeness (QED) is 0.767. The van der Waals surface area contributed by atoms with E-state index in [2.05, 4.69) is 20.6 Å². The van der Waals surface area contributed by atoms with Crippen LogP contribution < -0.4 is 5.32 Å². The number of para-hydroxylation sites is 1. The topological polar surface area (TPSA) is 68.8 Å². The number of aromatic nitrogens is 4. The third-order valence-corrected chi connectivity index (χ3v) is 3.22. The summed E-state index contributed by atoms with van der Waals surface area (Å²) in [6, 6.07) is 8.86. The van der Waals surface area contributed by atoms with E-state index < -0.39 is 0 Å². The molecule has 0 atom stereocenters. The van der Waals surface area contributed by atoms with Crippen LogP contribution in [0.15, 0.2) is 34.9 Å². The lowest BCUT2D eigenvalue weighted by Crippen LogP contribution is -2.15. The van der Waals surface area contributed by atoms with Gasteiger partial charge in [-0.3, -0.25) is 0 Å². The molecule has 6 heteroatoms. The summed E-state index contributed by atoms with van der Waals surface area (Å²) in [4.78, 5) is 4.43. The fourth-order valence-corrected chi connectivity index (χ4v) is 2.02. The van der Waals surface area contributed by atoms with Crippen LogP contribution in [0.1, 0.15) is 18.5 Å². The Morgan fingerprint density at radius 2 is 2.21 bits per heavy atom. The van der Waals surface area contributed by atoms with Gasteiger partial charge in [-0.15, -0.1) is 5.10 Å². The molecule has 1 fully saturated rings. The Kier molecular flexibility index (Phi) is 2.34. The maximum absolute atomic E-state index is 5.48. The highest BCUT2D eigenvalue weighted by atomic mass is 16.4. The minimum absolute atomic E-state index is 0.460. The molecule has 3 aromatic rings. The van der Waals surface area contributed by atoms with Crippen LogP contribution in [0.4, 0.5) is 0 Å². The summed E-state index contributed by atoms with van der Waals surface area (Å²) >= 11 is 0. The van der Waals surface area contributed by atoms with Crippen LogP contribution in [0.25, 0.3) is 17.0 Å². The van der Waals surface area contributed by atoms with E-state index in [9.17, 15) is 0 Å². The van der Waals surface area contributed by atoms with E-state index in [0.717, 1.165) is 23.3 Å². The number of hydrogen-bond donors (Lipinski definition) is 1. The molecule has 0 spiro atoms. The summed E-state index contributed by atoms with van der Waals surface area (Å²) in [5, 5.41) is 11.6. The van der Waals surface area contributed by atoms with Crippen molar-refractivity contribution in [2.24, 2.45) is 0 Å². The predicted molar refractivity (Wildman–Crippen MR) is 68.8 cm³/mol. The molecular formula is C13H13N5O. The fraction of sp³-hybridized carbons (Fsp3) is 0.308. The molecule has 0 radical (unpaired) electrons. The zero-order valence-corrected chi connectivity index (χ0v) is 10.3. The van der Waals surface area contributed by atoms with Gasteiger partial charge in [0.1, 0.15) is 11.8 Å². The number of benzene rings is 1. The average molecular weight is 255 g/mol. The third kappa shape index (κ3) is 2.00. The summed E-state index contributed by atoms with van der Waals surface area (Å²) in [6.45, 7) is 0.737. The number of rotatable bonds is 4. The second-order valence-corrected chi connectivity index (χ2v) is 4.77. The molecule has 0 amide bonds. The van der Waals surface area contributed by atoms with Crippen LogP contribution in [0.2, 0.25) is 0 Å². The molecule has 1 aliphatic carbocycles. The normalized spacial score (nSPS) is 15.2. The van der Waals surface area contributed by atoms with E-state index >= 15 is 0 Å². The van der Waals surface area contributed by atoms with Crippen LogP contribution in [0, 0.1) is 0 Å². The molecule has 2 aromatic heterocycles. The first-order chi connectivity index (χ1) is 9.40. The van der Waals surface area contributed by atoms with Gasteiger partial charge < -0.3 is 9.73 Å². The highest BCUT2D eigenvalue weighted by Crippen LogP contribution is 2.20. The van der Waals surface area contributed by atoms with Gasteiger partial charge in [-0.2, -0.15) is 9.67 Å². The number of hydrogen-bond acceptors (Lipinski definition) is 5. The van der Waals surface area contributed by atoms with E-state index in [-0.39, 0.29) is 0 Å². The van der Waals surface area contributed by atoms with Crippen LogP contribution in [0.3, 0.4) is 0 Å². The smallest absolute Gasteiger partial charge is 0.324 e. The third-order valence-electron chi connectivity index (χ3n) is 3.22. The Labute approximate surface area is 109 Å². The molecule has 0 bridgehead atoms. The van der Waals surface area contributed by atoms with E-state index in [1.165, 1.54) is 12.8 Å². The summed E-state index contributed by atoms with van der Waals surface area (Å²) < 4.78 is 7.10. The predicted octanol–water partition coefficient (Wildman–Crippen LogP) is 1.66. The molecule has 0 aliphatic heterocycles. The first kappa shape index (κ1) is 10.7. The van der Waals surface area contributed by atoms with Gasteiger partial charge in [0.2, 0.25) is 0 Å². The van der Waals surface area contributed by atoms with E-state index in [0.29, 0.717) is 12.1 Å². The molecule has 0 unspecified atom stereocenters. The largest absolute Gasteiger partial charge is 0.430 e. The number of nitrogens with one attached hydrogen (secondary N) is 1. The number of fused-ring (bicyclic) bond motifs is 1. The van der Waals surface area contributed by atoms with Crippen molar-refractivity contribution in [2.45, 2.75) is 25.4 Å². The Morgan fingerprint density at radius 3 is 3.11 bits per heavy atom. The van der Waals surface area contributed by atoms with Gasteiger partial charge >= 0.3 is 6.01 Å². The minimum Gasteiger partial charge on any atom is -0.430 e. The van der Waals surface area contributed by atoms with Crippen molar-refractivity contribution < 1.29 is 4.42 Å². The molecule has 1 saturated carbocycles. The maximum atomic E-state index is 5.48. The molecule has 0 saturated heterocycles. The fourth-order valence-electron chi connectivity index (χ4n) is 2.02. The lowest BCUT2D eigenvalue weighted by Gasteiger charge is -1.96. The van der Waals surface area contributed by atoms with Crippen molar-refractivity contribution in [3.05, 3.63) is 36.2 Å². The lowest BCUT2D eigenvalue weighted by molar-refractivity contribution is 0.508. The zero-order valence-electron chi connectivity index (χ0n) is 10.3. The van der Waals surface area contributed by atoms with Crippen LogP contribution in [0.5, 0.6) is 0 Å². The van der Waals surface area contributed by atoms with Gasteiger partial charge in [0, 0.05) is 12.6 Å². The second-order valence-electron chi connectivity index (χ2n) is 4.77. The Hall–Kier alpha value is -2.21. The van der Waals surface area contributed by atoms with Crippen LogP contribution in [-0.4, -0.2) is 26.0 Å². The Balaban J connectivity index is 1.64. The number of oxazole rings is 1. The van der Waals surface area contributed by atoms with E-state index in [1.54, 1.807) is 10.9 Å². The summed E-state index contributed by atoms with van der Waals surface area (Å²) in [5.74, 6) is 0. The van der Waals surface area contributed by atoms with Crippen molar-refractivity contribution in [1.29, 1.82) is 0 Å². The van der Waals surface area contributed by atoms with Crippen LogP contribution >= 0.6 is 0 Å². The Morgan fingerprint density at radius 1 is 1.32 bits per heavy atom. The van der Waals surface area contributed by atoms with Crippen molar-refractivity contribution >= 4 is 11.0 Å². The van der Waals surface area contributed by atoms with Crippen molar-refractivity contribution in [3.63, 3.8) is 0 Å². The highest BCUT2D eigenvalue weighted by Gasteiger charge is 2.21. The van der Waals surface area contributed by atoms with Gasteiger partial charge in [0.15, 0.2) is 0 Å². The van der Waals surface area contributed by atoms with Crippen LogP contribution in [-0.2, 0) is 6.54 Å². The first-order valence-corrected chi connectivity index (χ1v) is 6.39. The number of nitrogens with zero attached hydrogens (tertiary/aromatic N) is 4. The highest BCUT2D eigenvalue weighted by molar-refractivity contribution is 5.75. The summed E-state index contributed by atoms with van der Waals surface area (Å²) in [7, 11) is 0. The zero-order chi connectivity index (χ0) is 12.7. The summed E-state index contributed by atoms with van der Waals surface area (Å²) in [5.41, 5.74) is 2.62. The monoisotopic (exact) mass is 255 g/mol. The van der Waals surface area contributed by atoms with E-state index in [4.69, 9.17) is 4.42 Å². The average Bonchev–Trinajstić information content (AvgIpc) is 3.00. The molecule has 1 aromatic carbocycles. The molecule has 6 nitrogen and oxygen atoms in total. The standard InChI is InChI=1S/C13H13N5O/c1-2-4-12-11(3-1)16-17-18(12)13-15-10(8-19-13)7-14-9-5-6-9/h1-4,8-9,14H,5-7H2. The van der Waals surface area contributed by atoms with Gasteiger partial charge in [-0.05, 0) is 25.0 Å². The van der Waals surface area contributed by atoms with Crippen molar-refractivity contribution in [3.8, 4) is 6.01 Å². The molecule has 96 valence electrons. The van der Waals surface area contributed by atoms with Crippen molar-refractivity contribution in [2.75, 3.05) is 0 Å². The minimum atomic E-state index is 0.460. The van der Waals surface area contributed by atoms with Gasteiger partial charge in [-0.25, -0.2) is 0 Å². The second kappa shape index (κ2) is 4.17. The SMILES string of the molecule is c1ccc2c(c1)nnn2-c1nc(CNC2CC2)co1. The van der Waals surface area contributed by atoms with E-state index in [1.807, 2.05) is 24.3 Å². The molecule has 1 N–H and O–H groups in total. The molecular weight excluding hydrogens is 242 g/mol. The van der Waals surface area contributed by atoms with Gasteiger partial charge in [0.25, 0.3) is 0 Å². The van der Waals surface area contributed by atoms with Gasteiger partial charge in [0.05, 0.1) is 11.2 Å². The molecule has 1 aliphatic rings. The summed E-state index contributed by atoms with van der Waals surface area (Å²) in [6.07, 6.45) is 4.19. The van der Waals surface area contributed by atoms with Crippen molar-refractivity contribution in [1.82, 2.24) is 25.3 Å². The molecule has 2 heterocycles.